The zero-order chi connectivity index (χ0) is 14.9. The summed E-state index contributed by atoms with van der Waals surface area (Å²) in [6.45, 7) is 1.85. The first-order valence-electron chi connectivity index (χ1n) is 5.70. The first-order valence-corrected chi connectivity index (χ1v) is 6.50. The number of aryl methyl sites for hydroxylation is 1. The fourth-order valence-corrected chi connectivity index (χ4v) is 2.44. The van der Waals surface area contributed by atoms with Crippen LogP contribution in [0.25, 0.3) is 0 Å². The Morgan fingerprint density at radius 3 is 2.55 bits per heavy atom. The third-order valence-electron chi connectivity index (χ3n) is 2.68. The maximum atomic E-state index is 13.5. The zero-order valence-corrected chi connectivity index (χ0v) is 12.1. The molecule has 3 nitrogen and oxygen atoms in total. The van der Waals surface area contributed by atoms with Gasteiger partial charge < -0.3 is 11.1 Å². The monoisotopic (exact) mass is 340 g/mol. The molecule has 0 bridgehead atoms. The highest BCUT2D eigenvalue weighted by Gasteiger charge is 2.15. The first kappa shape index (κ1) is 14.5. The van der Waals surface area contributed by atoms with Crippen LogP contribution in [0.15, 0.2) is 34.8 Å². The van der Waals surface area contributed by atoms with Gasteiger partial charge in [0.15, 0.2) is 0 Å². The zero-order valence-electron chi connectivity index (χ0n) is 10.5. The van der Waals surface area contributed by atoms with E-state index in [0.717, 1.165) is 17.7 Å². The Bertz CT molecular complexity index is 666. The second-order valence-corrected chi connectivity index (χ2v) is 5.14. The largest absolute Gasteiger partial charge is 0.397 e. The molecule has 0 aliphatic carbocycles. The van der Waals surface area contributed by atoms with Crippen molar-refractivity contribution in [2.45, 2.75) is 6.92 Å². The van der Waals surface area contributed by atoms with Crippen LogP contribution in [0.2, 0.25) is 0 Å². The predicted molar refractivity (Wildman–Crippen MR) is 77.6 cm³/mol. The Balaban J connectivity index is 2.33. The lowest BCUT2D eigenvalue weighted by atomic mass is 10.1. The van der Waals surface area contributed by atoms with Crippen LogP contribution in [0.4, 0.5) is 20.2 Å². The molecule has 20 heavy (non-hydrogen) atoms. The quantitative estimate of drug-likeness (QED) is 0.815. The van der Waals surface area contributed by atoms with Crippen molar-refractivity contribution in [3.05, 3.63) is 57.6 Å². The molecule has 3 N–H and O–H groups in total. The number of carbonyl (C=O) groups is 1. The summed E-state index contributed by atoms with van der Waals surface area (Å²) in [4.78, 5) is 12.0. The normalized spacial score (nSPS) is 10.4. The average molecular weight is 341 g/mol. The van der Waals surface area contributed by atoms with Crippen molar-refractivity contribution in [1.29, 1.82) is 0 Å². The van der Waals surface area contributed by atoms with Gasteiger partial charge in [0.2, 0.25) is 0 Å². The molecule has 2 rings (SSSR count). The van der Waals surface area contributed by atoms with Gasteiger partial charge in [-0.1, -0.05) is 0 Å². The van der Waals surface area contributed by atoms with Crippen LogP contribution in [-0.2, 0) is 0 Å². The van der Waals surface area contributed by atoms with E-state index in [1.54, 1.807) is 12.1 Å². The van der Waals surface area contributed by atoms with Crippen LogP contribution in [-0.4, -0.2) is 5.91 Å². The third kappa shape index (κ3) is 2.96. The van der Waals surface area contributed by atoms with Crippen LogP contribution >= 0.6 is 15.9 Å². The smallest absolute Gasteiger partial charge is 0.258 e. The van der Waals surface area contributed by atoms with E-state index in [1.807, 2.05) is 6.92 Å². The van der Waals surface area contributed by atoms with Gasteiger partial charge >= 0.3 is 0 Å². The highest BCUT2D eigenvalue weighted by molar-refractivity contribution is 9.10. The van der Waals surface area contributed by atoms with E-state index in [9.17, 15) is 13.6 Å². The minimum absolute atomic E-state index is 0.252. The highest BCUT2D eigenvalue weighted by atomic mass is 79.9. The minimum atomic E-state index is -0.927. The summed E-state index contributed by atoms with van der Waals surface area (Å²) in [7, 11) is 0. The highest BCUT2D eigenvalue weighted by Crippen LogP contribution is 2.30. The van der Waals surface area contributed by atoms with Gasteiger partial charge in [0.05, 0.1) is 16.9 Å². The molecule has 0 saturated heterocycles. The summed E-state index contributed by atoms with van der Waals surface area (Å²) in [5.74, 6) is -2.36. The van der Waals surface area contributed by atoms with E-state index < -0.39 is 17.5 Å². The number of rotatable bonds is 2. The van der Waals surface area contributed by atoms with E-state index in [0.29, 0.717) is 21.9 Å². The van der Waals surface area contributed by atoms with Crippen molar-refractivity contribution < 1.29 is 13.6 Å². The maximum Gasteiger partial charge on any atom is 0.258 e. The standard InChI is InChI=1S/C14H11BrF2N2O/c1-7-4-10(15)13(12(18)5-7)19-14(20)9-3-2-8(16)6-11(9)17/h2-6H,18H2,1H3,(H,19,20). The van der Waals surface area contributed by atoms with Gasteiger partial charge in [-0.2, -0.15) is 0 Å². The summed E-state index contributed by atoms with van der Waals surface area (Å²) >= 11 is 3.28. The number of amides is 1. The number of benzene rings is 2. The summed E-state index contributed by atoms with van der Waals surface area (Å²) in [5.41, 5.74) is 7.18. The third-order valence-corrected chi connectivity index (χ3v) is 3.30. The van der Waals surface area contributed by atoms with Gasteiger partial charge in [0.25, 0.3) is 5.91 Å². The lowest BCUT2D eigenvalue weighted by Gasteiger charge is -2.12. The molecule has 0 atom stereocenters. The van der Waals surface area contributed by atoms with E-state index in [-0.39, 0.29) is 5.56 Å². The van der Waals surface area contributed by atoms with Crippen molar-refractivity contribution in [2.24, 2.45) is 0 Å². The Morgan fingerprint density at radius 2 is 1.95 bits per heavy atom. The van der Waals surface area contributed by atoms with Gasteiger partial charge in [-0.25, -0.2) is 8.78 Å². The molecule has 104 valence electrons. The SMILES string of the molecule is Cc1cc(N)c(NC(=O)c2ccc(F)cc2F)c(Br)c1. The summed E-state index contributed by atoms with van der Waals surface area (Å²) in [6, 6.07) is 6.21. The van der Waals surface area contributed by atoms with Gasteiger partial charge in [-0.05, 0) is 52.7 Å². The molecular formula is C14H11BrF2N2O. The molecule has 6 heteroatoms. The molecule has 0 spiro atoms. The van der Waals surface area contributed by atoms with E-state index >= 15 is 0 Å². The Hall–Kier alpha value is -1.95. The lowest BCUT2D eigenvalue weighted by Crippen LogP contribution is -2.15. The number of nitrogens with two attached hydrogens (primary N) is 1. The number of halogens is 3. The number of anilines is 2. The molecule has 2 aromatic rings. The summed E-state index contributed by atoms with van der Waals surface area (Å²) < 4.78 is 26.9. The topological polar surface area (TPSA) is 55.1 Å². The van der Waals surface area contributed by atoms with Crippen molar-refractivity contribution in [2.75, 3.05) is 11.1 Å². The Morgan fingerprint density at radius 1 is 1.25 bits per heavy atom. The number of carbonyl (C=O) groups excluding carboxylic acids is 1. The number of hydrogen-bond donors (Lipinski definition) is 2. The molecule has 0 aromatic heterocycles. The average Bonchev–Trinajstić information content (AvgIpc) is 2.33. The maximum absolute atomic E-state index is 13.5. The first-order chi connectivity index (χ1) is 9.38. The number of hydrogen-bond acceptors (Lipinski definition) is 2. The second kappa shape index (κ2) is 5.58. The molecule has 1 amide bonds. The Kier molecular flexibility index (Phi) is 4.04. The van der Waals surface area contributed by atoms with Gasteiger partial charge in [-0.15, -0.1) is 0 Å². The van der Waals surface area contributed by atoms with Crippen molar-refractivity contribution in [3.8, 4) is 0 Å². The summed E-state index contributed by atoms with van der Waals surface area (Å²) in [6.07, 6.45) is 0. The molecule has 0 radical (unpaired) electrons. The lowest BCUT2D eigenvalue weighted by molar-refractivity contribution is 0.102. The molecule has 0 aliphatic heterocycles. The van der Waals surface area contributed by atoms with Crippen molar-refractivity contribution in [1.82, 2.24) is 0 Å². The molecule has 2 aromatic carbocycles. The van der Waals surface area contributed by atoms with Crippen LogP contribution < -0.4 is 11.1 Å². The van der Waals surface area contributed by atoms with Gasteiger partial charge in [-0.3, -0.25) is 4.79 Å². The molecule has 0 heterocycles. The number of nitrogen functional groups attached to an aromatic ring is 1. The fraction of sp³-hybridized carbons (Fsp3) is 0.0714. The molecule has 0 fully saturated rings. The molecule has 0 saturated carbocycles. The van der Waals surface area contributed by atoms with E-state index in [2.05, 4.69) is 21.2 Å². The van der Waals surface area contributed by atoms with Gasteiger partial charge in [0.1, 0.15) is 11.6 Å². The minimum Gasteiger partial charge on any atom is -0.397 e. The van der Waals surface area contributed by atoms with Crippen molar-refractivity contribution >= 4 is 33.2 Å². The van der Waals surface area contributed by atoms with Crippen LogP contribution in [0.1, 0.15) is 15.9 Å². The van der Waals surface area contributed by atoms with Crippen LogP contribution in [0.3, 0.4) is 0 Å². The molecule has 0 unspecified atom stereocenters. The Labute approximate surface area is 122 Å². The van der Waals surface area contributed by atoms with E-state index in [4.69, 9.17) is 5.73 Å². The molecular weight excluding hydrogens is 330 g/mol. The number of nitrogens with one attached hydrogen (secondary N) is 1. The van der Waals surface area contributed by atoms with Crippen LogP contribution in [0.5, 0.6) is 0 Å². The fourth-order valence-electron chi connectivity index (χ4n) is 1.76. The predicted octanol–water partition coefficient (Wildman–Crippen LogP) is 3.87. The molecule has 0 aliphatic rings. The van der Waals surface area contributed by atoms with E-state index in [1.165, 1.54) is 0 Å². The van der Waals surface area contributed by atoms with Crippen molar-refractivity contribution in [3.63, 3.8) is 0 Å². The second-order valence-electron chi connectivity index (χ2n) is 4.29. The van der Waals surface area contributed by atoms with Gasteiger partial charge in [0, 0.05) is 10.5 Å². The summed E-state index contributed by atoms with van der Waals surface area (Å²) in [5, 5.41) is 2.51. The van der Waals surface area contributed by atoms with Crippen LogP contribution in [0, 0.1) is 18.6 Å².